The number of nitrogen functional groups attached to an aromatic ring is 1. The fourth-order valence-electron chi connectivity index (χ4n) is 2.13. The van der Waals surface area contributed by atoms with Gasteiger partial charge in [0.2, 0.25) is 0 Å². The van der Waals surface area contributed by atoms with Crippen molar-refractivity contribution in [1.82, 2.24) is 0 Å². The van der Waals surface area contributed by atoms with E-state index in [-0.39, 0.29) is 17.6 Å². The van der Waals surface area contributed by atoms with Gasteiger partial charge in [-0.25, -0.2) is 0 Å². The zero-order chi connectivity index (χ0) is 13.3. The highest BCUT2D eigenvalue weighted by Crippen LogP contribution is 2.36. The van der Waals surface area contributed by atoms with Crippen LogP contribution in [0, 0.1) is 16.7 Å². The van der Waals surface area contributed by atoms with Crippen LogP contribution in [0.4, 0.5) is 11.4 Å². The highest BCUT2D eigenvalue weighted by Gasteiger charge is 2.32. The van der Waals surface area contributed by atoms with Gasteiger partial charge >= 0.3 is 0 Å². The largest absolute Gasteiger partial charge is 0.486 e. The number of nitriles is 1. The van der Waals surface area contributed by atoms with Crippen molar-refractivity contribution in [2.24, 2.45) is 5.41 Å². The van der Waals surface area contributed by atoms with Gasteiger partial charge in [-0.15, -0.1) is 0 Å². The van der Waals surface area contributed by atoms with Crippen LogP contribution in [0.1, 0.15) is 27.2 Å². The van der Waals surface area contributed by atoms with Crippen molar-refractivity contribution in [3.05, 3.63) is 18.2 Å². The monoisotopic (exact) mass is 245 g/mol. The second-order valence-corrected chi connectivity index (χ2v) is 5.54. The lowest BCUT2D eigenvalue weighted by atomic mass is 9.86. The molecule has 0 aliphatic carbocycles. The molecule has 2 rings (SSSR count). The van der Waals surface area contributed by atoms with Crippen LogP contribution < -0.4 is 15.8 Å². The van der Waals surface area contributed by atoms with Gasteiger partial charge in [0.25, 0.3) is 0 Å². The lowest BCUT2D eigenvalue weighted by Crippen LogP contribution is -2.41. The molecule has 0 spiro atoms. The summed E-state index contributed by atoms with van der Waals surface area (Å²) in [6, 6.07) is 8.04. The molecule has 0 saturated carbocycles. The number of nitrogens with one attached hydrogen (secondary N) is 1. The predicted octanol–water partition coefficient (Wildman–Crippen LogP) is 2.77. The van der Waals surface area contributed by atoms with E-state index >= 15 is 0 Å². The first-order chi connectivity index (χ1) is 8.41. The number of hydrogen-bond donors (Lipinski definition) is 2. The summed E-state index contributed by atoms with van der Waals surface area (Å²) in [6.45, 7) is 5.92. The van der Waals surface area contributed by atoms with Gasteiger partial charge in [-0.2, -0.15) is 5.26 Å². The molecule has 1 aliphatic rings. The van der Waals surface area contributed by atoms with Crippen LogP contribution in [0.15, 0.2) is 18.2 Å². The van der Waals surface area contributed by atoms with E-state index in [1.165, 1.54) is 0 Å². The Hall–Kier alpha value is -1.89. The van der Waals surface area contributed by atoms with Crippen molar-refractivity contribution >= 4 is 11.4 Å². The fraction of sp³-hybridized carbons (Fsp3) is 0.500. The molecule has 96 valence electrons. The summed E-state index contributed by atoms with van der Waals surface area (Å²) in [5.41, 5.74) is 7.00. The third-order valence-corrected chi connectivity index (χ3v) is 3.24. The maximum Gasteiger partial charge on any atom is 0.143 e. The second-order valence-electron chi connectivity index (χ2n) is 5.54. The zero-order valence-electron chi connectivity index (χ0n) is 11.0. The molecule has 1 aliphatic heterocycles. The number of hydrogen-bond acceptors (Lipinski definition) is 4. The fourth-order valence-corrected chi connectivity index (χ4v) is 2.13. The van der Waals surface area contributed by atoms with E-state index in [1.807, 2.05) is 32.0 Å². The molecule has 0 fully saturated rings. The number of fused-ring (bicyclic) bond motifs is 1. The van der Waals surface area contributed by atoms with E-state index in [2.05, 4.69) is 18.3 Å². The summed E-state index contributed by atoms with van der Waals surface area (Å²) in [6.07, 6.45) is 0.692. The number of ether oxygens (including phenoxy) is 1. The number of anilines is 2. The Balaban J connectivity index is 2.19. The minimum atomic E-state index is -0.383. The average molecular weight is 245 g/mol. The maximum atomic E-state index is 9.10. The van der Waals surface area contributed by atoms with Gasteiger partial charge in [-0.05, 0) is 39.0 Å². The third kappa shape index (κ3) is 2.51. The molecule has 4 heteroatoms. The second kappa shape index (κ2) is 4.41. The minimum absolute atomic E-state index is 0.00391. The Morgan fingerprint density at radius 1 is 1.50 bits per heavy atom. The molecule has 4 nitrogen and oxygen atoms in total. The molecule has 3 N–H and O–H groups in total. The van der Waals surface area contributed by atoms with Crippen molar-refractivity contribution in [2.45, 2.75) is 39.3 Å². The number of benzene rings is 1. The lowest BCUT2D eigenvalue weighted by Gasteiger charge is -2.35. The SMILES string of the molecule is CC1Nc2cc(N)ccc2OC1CC(C)(C)C#N. The molecule has 0 aromatic heterocycles. The molecule has 1 heterocycles. The topological polar surface area (TPSA) is 71.1 Å². The van der Waals surface area contributed by atoms with E-state index in [0.29, 0.717) is 12.1 Å². The Bertz CT molecular complexity index is 490. The van der Waals surface area contributed by atoms with Gasteiger partial charge in [0, 0.05) is 12.1 Å². The van der Waals surface area contributed by atoms with Gasteiger partial charge in [-0.3, -0.25) is 0 Å². The molecule has 0 bridgehead atoms. The van der Waals surface area contributed by atoms with E-state index in [9.17, 15) is 0 Å². The molecular formula is C14H19N3O. The molecule has 18 heavy (non-hydrogen) atoms. The van der Waals surface area contributed by atoms with Crippen molar-refractivity contribution in [2.75, 3.05) is 11.1 Å². The summed E-state index contributed by atoms with van der Waals surface area (Å²) in [4.78, 5) is 0. The molecule has 2 unspecified atom stereocenters. The molecule has 2 atom stereocenters. The number of rotatable bonds is 2. The van der Waals surface area contributed by atoms with Crippen molar-refractivity contribution in [3.8, 4) is 11.8 Å². The molecule has 0 amide bonds. The summed E-state index contributed by atoms with van der Waals surface area (Å²) >= 11 is 0. The van der Waals surface area contributed by atoms with Gasteiger partial charge in [0.15, 0.2) is 0 Å². The standard InChI is InChI=1S/C14H19N3O/c1-9-13(7-14(2,3)8-15)18-12-5-4-10(16)6-11(12)17-9/h4-6,9,13,17H,7,16H2,1-3H3. The van der Waals surface area contributed by atoms with E-state index in [4.69, 9.17) is 15.7 Å². The molecular weight excluding hydrogens is 226 g/mol. The highest BCUT2D eigenvalue weighted by atomic mass is 16.5. The van der Waals surface area contributed by atoms with Crippen LogP contribution in [-0.4, -0.2) is 12.1 Å². The zero-order valence-corrected chi connectivity index (χ0v) is 11.0. The van der Waals surface area contributed by atoms with Crippen LogP contribution in [0.5, 0.6) is 5.75 Å². The first kappa shape index (κ1) is 12.6. The normalized spacial score (nSPS) is 22.3. The first-order valence-electron chi connectivity index (χ1n) is 6.15. The van der Waals surface area contributed by atoms with Crippen molar-refractivity contribution < 1.29 is 4.74 Å². The Morgan fingerprint density at radius 3 is 2.89 bits per heavy atom. The van der Waals surface area contributed by atoms with Crippen LogP contribution in [-0.2, 0) is 0 Å². The molecule has 1 aromatic carbocycles. The van der Waals surface area contributed by atoms with E-state index < -0.39 is 0 Å². The van der Waals surface area contributed by atoms with Crippen LogP contribution in [0.3, 0.4) is 0 Å². The maximum absolute atomic E-state index is 9.10. The minimum Gasteiger partial charge on any atom is -0.486 e. The van der Waals surface area contributed by atoms with Gasteiger partial charge in [0.05, 0.1) is 23.2 Å². The highest BCUT2D eigenvalue weighted by molar-refractivity contribution is 5.65. The van der Waals surface area contributed by atoms with E-state index in [0.717, 1.165) is 11.4 Å². The Morgan fingerprint density at radius 2 is 2.22 bits per heavy atom. The molecule has 0 saturated heterocycles. The Labute approximate surface area is 108 Å². The number of nitrogens with two attached hydrogens (primary N) is 1. The van der Waals surface area contributed by atoms with E-state index in [1.54, 1.807) is 0 Å². The van der Waals surface area contributed by atoms with Crippen LogP contribution >= 0.6 is 0 Å². The van der Waals surface area contributed by atoms with Crippen molar-refractivity contribution in [1.29, 1.82) is 5.26 Å². The quantitative estimate of drug-likeness (QED) is 0.786. The first-order valence-corrected chi connectivity index (χ1v) is 6.15. The van der Waals surface area contributed by atoms with Gasteiger partial charge < -0.3 is 15.8 Å². The number of nitrogens with zero attached hydrogens (tertiary/aromatic N) is 1. The van der Waals surface area contributed by atoms with Gasteiger partial charge in [-0.1, -0.05) is 0 Å². The summed E-state index contributed by atoms with van der Waals surface area (Å²) in [5.74, 6) is 0.807. The summed E-state index contributed by atoms with van der Waals surface area (Å²) in [5, 5.41) is 12.5. The predicted molar refractivity (Wildman–Crippen MR) is 72.4 cm³/mol. The summed E-state index contributed by atoms with van der Waals surface area (Å²) in [7, 11) is 0. The summed E-state index contributed by atoms with van der Waals surface area (Å²) < 4.78 is 5.97. The molecule has 0 radical (unpaired) electrons. The van der Waals surface area contributed by atoms with Crippen LogP contribution in [0.2, 0.25) is 0 Å². The van der Waals surface area contributed by atoms with Crippen molar-refractivity contribution in [3.63, 3.8) is 0 Å². The average Bonchev–Trinajstić information content (AvgIpc) is 2.30. The molecule has 1 aromatic rings. The Kier molecular flexibility index (Phi) is 3.08. The van der Waals surface area contributed by atoms with Gasteiger partial charge in [0.1, 0.15) is 11.9 Å². The van der Waals surface area contributed by atoms with Crippen LogP contribution in [0.25, 0.3) is 0 Å². The lowest BCUT2D eigenvalue weighted by molar-refractivity contribution is 0.134. The third-order valence-electron chi connectivity index (χ3n) is 3.24. The smallest absolute Gasteiger partial charge is 0.143 e.